The third kappa shape index (κ3) is 7.47. The van der Waals surface area contributed by atoms with Gasteiger partial charge in [-0.15, -0.1) is 24.0 Å². The van der Waals surface area contributed by atoms with E-state index in [9.17, 15) is 0 Å². The van der Waals surface area contributed by atoms with Crippen molar-refractivity contribution in [2.75, 3.05) is 41.5 Å². The molecule has 0 saturated carbocycles. The molecule has 2 aromatic rings. The molecular formula is C22H32IN3O4. The van der Waals surface area contributed by atoms with E-state index in [1.165, 1.54) is 5.56 Å². The summed E-state index contributed by atoms with van der Waals surface area (Å²) in [5, 5.41) is 6.64. The van der Waals surface area contributed by atoms with Crippen molar-refractivity contribution in [2.24, 2.45) is 4.99 Å². The number of nitrogens with one attached hydrogen (secondary N) is 2. The quantitative estimate of drug-likeness (QED) is 0.278. The molecule has 2 N–H and O–H groups in total. The summed E-state index contributed by atoms with van der Waals surface area (Å²) in [5.41, 5.74) is 2.15. The largest absolute Gasteiger partial charge is 0.497 e. The predicted molar refractivity (Wildman–Crippen MR) is 131 cm³/mol. The highest BCUT2D eigenvalue weighted by Crippen LogP contribution is 2.34. The number of ether oxygens (including phenoxy) is 4. The standard InChI is InChI=1S/C22H31N3O4.HI/c1-6-23-22(24-12-11-16-7-9-18(26-2)10-8-16)25-15-17-13-20(28-4)21(29-5)14-19(17)27-3;/h7-10,13-14H,6,11-12,15H2,1-5H3,(H2,23,24,25);1H. The number of hydrogen-bond acceptors (Lipinski definition) is 5. The van der Waals surface area contributed by atoms with Crippen LogP contribution in [0.4, 0.5) is 0 Å². The molecule has 0 unspecified atom stereocenters. The monoisotopic (exact) mass is 529 g/mol. The summed E-state index contributed by atoms with van der Waals surface area (Å²) in [4.78, 5) is 4.68. The topological polar surface area (TPSA) is 73.3 Å². The zero-order chi connectivity index (χ0) is 21.1. The number of guanidine groups is 1. The lowest BCUT2D eigenvalue weighted by molar-refractivity contribution is 0.347. The minimum atomic E-state index is 0. The van der Waals surface area contributed by atoms with Gasteiger partial charge in [-0.2, -0.15) is 0 Å². The predicted octanol–water partition coefficient (Wildman–Crippen LogP) is 3.64. The fourth-order valence-electron chi connectivity index (χ4n) is 2.84. The molecule has 2 aromatic carbocycles. The first-order chi connectivity index (χ1) is 14.1. The van der Waals surface area contributed by atoms with E-state index >= 15 is 0 Å². The molecule has 0 atom stereocenters. The molecule has 0 aromatic heterocycles. The minimum Gasteiger partial charge on any atom is -0.497 e. The average Bonchev–Trinajstić information content (AvgIpc) is 2.77. The highest BCUT2D eigenvalue weighted by Gasteiger charge is 2.11. The molecule has 0 bridgehead atoms. The summed E-state index contributed by atoms with van der Waals surface area (Å²) < 4.78 is 21.4. The Hall–Kier alpha value is -2.36. The second kappa shape index (κ2) is 13.8. The first-order valence-corrected chi connectivity index (χ1v) is 9.59. The summed E-state index contributed by atoms with van der Waals surface area (Å²) >= 11 is 0. The number of methoxy groups -OCH3 is 4. The second-order valence-electron chi connectivity index (χ2n) is 6.24. The second-order valence-corrected chi connectivity index (χ2v) is 6.24. The third-order valence-corrected chi connectivity index (χ3v) is 4.40. The van der Waals surface area contributed by atoms with E-state index in [1.807, 2.05) is 31.2 Å². The molecular weight excluding hydrogens is 497 g/mol. The number of hydrogen-bond donors (Lipinski definition) is 2. The van der Waals surface area contributed by atoms with E-state index in [4.69, 9.17) is 18.9 Å². The van der Waals surface area contributed by atoms with Gasteiger partial charge in [-0.25, -0.2) is 4.99 Å². The molecule has 0 amide bonds. The molecule has 2 rings (SSSR count). The van der Waals surface area contributed by atoms with Gasteiger partial charge in [0.2, 0.25) is 0 Å². The van der Waals surface area contributed by atoms with Gasteiger partial charge in [-0.1, -0.05) is 12.1 Å². The lowest BCUT2D eigenvalue weighted by Crippen LogP contribution is -2.38. The van der Waals surface area contributed by atoms with Crippen LogP contribution in [0.25, 0.3) is 0 Å². The molecule has 0 spiro atoms. The van der Waals surface area contributed by atoms with E-state index in [0.717, 1.165) is 36.8 Å². The zero-order valence-electron chi connectivity index (χ0n) is 18.3. The Kier molecular flexibility index (Phi) is 11.8. The van der Waals surface area contributed by atoms with Crippen LogP contribution in [0.3, 0.4) is 0 Å². The van der Waals surface area contributed by atoms with Crippen LogP contribution in [0, 0.1) is 0 Å². The van der Waals surface area contributed by atoms with Gasteiger partial charge in [-0.05, 0) is 37.1 Å². The van der Waals surface area contributed by atoms with Gasteiger partial charge in [0.15, 0.2) is 17.5 Å². The van der Waals surface area contributed by atoms with E-state index < -0.39 is 0 Å². The summed E-state index contributed by atoms with van der Waals surface area (Å²) in [6, 6.07) is 11.8. The SMILES string of the molecule is CCNC(=NCc1cc(OC)c(OC)cc1OC)NCCc1ccc(OC)cc1.I. The molecule has 0 fully saturated rings. The van der Waals surface area contributed by atoms with Crippen LogP contribution in [-0.4, -0.2) is 47.5 Å². The van der Waals surface area contributed by atoms with Crippen molar-refractivity contribution in [3.8, 4) is 23.0 Å². The number of nitrogens with zero attached hydrogens (tertiary/aromatic N) is 1. The van der Waals surface area contributed by atoms with E-state index in [0.29, 0.717) is 23.8 Å². The van der Waals surface area contributed by atoms with Crippen molar-refractivity contribution in [1.29, 1.82) is 0 Å². The van der Waals surface area contributed by atoms with Gasteiger partial charge in [0.25, 0.3) is 0 Å². The summed E-state index contributed by atoms with van der Waals surface area (Å²) in [5.74, 6) is 3.59. The van der Waals surface area contributed by atoms with Crippen molar-refractivity contribution in [3.63, 3.8) is 0 Å². The molecule has 30 heavy (non-hydrogen) atoms. The number of benzene rings is 2. The lowest BCUT2D eigenvalue weighted by atomic mass is 10.1. The smallest absolute Gasteiger partial charge is 0.191 e. The summed E-state index contributed by atoms with van der Waals surface area (Å²) in [7, 11) is 6.52. The molecule has 0 heterocycles. The molecule has 0 aliphatic heterocycles. The first-order valence-electron chi connectivity index (χ1n) is 9.59. The average molecular weight is 529 g/mol. The molecule has 7 nitrogen and oxygen atoms in total. The maximum Gasteiger partial charge on any atom is 0.191 e. The van der Waals surface area contributed by atoms with Gasteiger partial charge in [0.05, 0.1) is 35.0 Å². The Balaban J connectivity index is 0.00000450. The number of aliphatic imine (C=N–C) groups is 1. The third-order valence-electron chi connectivity index (χ3n) is 4.40. The van der Waals surface area contributed by atoms with E-state index in [2.05, 4.69) is 27.8 Å². The Labute approximate surface area is 196 Å². The van der Waals surface area contributed by atoms with Gasteiger partial charge in [-0.3, -0.25) is 0 Å². The first kappa shape index (κ1) is 25.7. The van der Waals surface area contributed by atoms with Crippen LogP contribution in [-0.2, 0) is 13.0 Å². The Bertz CT molecular complexity index is 798. The van der Waals surface area contributed by atoms with Crippen LogP contribution in [0.5, 0.6) is 23.0 Å². The van der Waals surface area contributed by atoms with Gasteiger partial charge >= 0.3 is 0 Å². The van der Waals surface area contributed by atoms with E-state index in [1.54, 1.807) is 28.4 Å². The zero-order valence-corrected chi connectivity index (χ0v) is 20.6. The summed E-state index contributed by atoms with van der Waals surface area (Å²) in [6.07, 6.45) is 0.883. The Morgan fingerprint density at radius 2 is 1.47 bits per heavy atom. The fraction of sp³-hybridized carbons (Fsp3) is 0.409. The maximum atomic E-state index is 5.48. The fourth-order valence-corrected chi connectivity index (χ4v) is 2.84. The van der Waals surface area contributed by atoms with Gasteiger partial charge in [0.1, 0.15) is 11.5 Å². The van der Waals surface area contributed by atoms with Crippen LogP contribution in [0.15, 0.2) is 41.4 Å². The van der Waals surface area contributed by atoms with Crippen molar-refractivity contribution in [3.05, 3.63) is 47.5 Å². The van der Waals surface area contributed by atoms with Gasteiger partial charge in [0, 0.05) is 24.7 Å². The van der Waals surface area contributed by atoms with E-state index in [-0.39, 0.29) is 24.0 Å². The van der Waals surface area contributed by atoms with Crippen molar-refractivity contribution in [1.82, 2.24) is 10.6 Å². The van der Waals surface area contributed by atoms with Gasteiger partial charge < -0.3 is 29.6 Å². The molecule has 0 aliphatic carbocycles. The van der Waals surface area contributed by atoms with Crippen LogP contribution in [0.1, 0.15) is 18.1 Å². The normalized spacial score (nSPS) is 10.6. The van der Waals surface area contributed by atoms with Crippen LogP contribution in [0.2, 0.25) is 0 Å². The molecule has 0 saturated heterocycles. The summed E-state index contributed by atoms with van der Waals surface area (Å²) in [6.45, 7) is 4.03. The minimum absolute atomic E-state index is 0. The Morgan fingerprint density at radius 3 is 2.03 bits per heavy atom. The molecule has 0 aliphatic rings. The highest BCUT2D eigenvalue weighted by atomic mass is 127. The molecule has 0 radical (unpaired) electrons. The van der Waals surface area contributed by atoms with Crippen LogP contribution < -0.4 is 29.6 Å². The molecule has 8 heteroatoms. The maximum absolute atomic E-state index is 5.48. The number of halogens is 1. The highest BCUT2D eigenvalue weighted by molar-refractivity contribution is 14.0. The lowest BCUT2D eigenvalue weighted by Gasteiger charge is -2.14. The van der Waals surface area contributed by atoms with Crippen molar-refractivity contribution < 1.29 is 18.9 Å². The van der Waals surface area contributed by atoms with Crippen LogP contribution >= 0.6 is 24.0 Å². The van der Waals surface area contributed by atoms with Crippen molar-refractivity contribution >= 4 is 29.9 Å². The van der Waals surface area contributed by atoms with Crippen molar-refractivity contribution in [2.45, 2.75) is 19.9 Å². The molecule has 166 valence electrons. The Morgan fingerprint density at radius 1 is 0.833 bits per heavy atom. The number of rotatable bonds is 10.